The zero-order valence-corrected chi connectivity index (χ0v) is 25.0. The second-order valence-electron chi connectivity index (χ2n) is 11.4. The second-order valence-corrected chi connectivity index (χ2v) is 12.5. The van der Waals surface area contributed by atoms with Crippen molar-refractivity contribution in [2.24, 2.45) is 0 Å². The Hall–Kier alpha value is -3.41. The number of benzene rings is 1. The normalized spacial score (nSPS) is 20.0. The van der Waals surface area contributed by atoms with Gasteiger partial charge < -0.3 is 14.4 Å². The summed E-state index contributed by atoms with van der Waals surface area (Å²) in [6.07, 6.45) is 9.85. The number of hydrogen-bond acceptors (Lipinski definition) is 9. The topological polar surface area (TPSA) is 71.3 Å². The van der Waals surface area contributed by atoms with Gasteiger partial charge in [-0.3, -0.25) is 14.2 Å². The van der Waals surface area contributed by atoms with E-state index in [0.29, 0.717) is 19.3 Å². The maximum Gasteiger partial charge on any atom is 0.179 e. The number of piperidine rings is 1. The van der Waals surface area contributed by atoms with Gasteiger partial charge in [0, 0.05) is 55.7 Å². The van der Waals surface area contributed by atoms with Crippen LogP contribution in [0.15, 0.2) is 73.4 Å². The Bertz CT molecular complexity index is 1600. The molecule has 9 nitrogen and oxygen atoms in total. The first kappa shape index (κ1) is 27.4. The lowest BCUT2D eigenvalue weighted by Crippen LogP contribution is -2.51. The first-order valence-corrected chi connectivity index (χ1v) is 15.5. The van der Waals surface area contributed by atoms with Gasteiger partial charge in [0.15, 0.2) is 11.4 Å². The summed E-state index contributed by atoms with van der Waals surface area (Å²) >= 11 is 1.82. The minimum Gasteiger partial charge on any atom is -0.485 e. The summed E-state index contributed by atoms with van der Waals surface area (Å²) in [5.74, 6) is 0.772. The minimum atomic E-state index is -0.0883. The van der Waals surface area contributed by atoms with Crippen LogP contribution in [0.25, 0.3) is 15.9 Å². The third kappa shape index (κ3) is 5.52. The van der Waals surface area contributed by atoms with E-state index in [-0.39, 0.29) is 12.3 Å². The summed E-state index contributed by atoms with van der Waals surface area (Å²) in [6, 6.07) is 17.3. The molecule has 42 heavy (non-hydrogen) atoms. The summed E-state index contributed by atoms with van der Waals surface area (Å²) in [6.45, 7) is 4.96. The number of morpholine rings is 1. The Kier molecular flexibility index (Phi) is 7.88. The molecule has 0 bridgehead atoms. The number of thiophene rings is 1. The van der Waals surface area contributed by atoms with Gasteiger partial charge in [-0.1, -0.05) is 30.3 Å². The van der Waals surface area contributed by atoms with Gasteiger partial charge in [0.05, 0.1) is 28.7 Å². The van der Waals surface area contributed by atoms with Crippen LogP contribution in [0.2, 0.25) is 0 Å². The lowest BCUT2D eigenvalue weighted by Gasteiger charge is -2.46. The predicted octanol–water partition coefficient (Wildman–Crippen LogP) is 5.02. The number of aromatic nitrogens is 4. The molecule has 2 unspecified atom stereocenters. The molecule has 1 aromatic carbocycles. The standard InChI is InChI=1S/C32H37N7O2S/c1-36(2)24-10-13-37(14-11-24)32(29-18-25-30(42-29)19-33-22-35-25)38-16-17-40-28(20-38)26-8-9-27(31-34-12-15-39(26)31)41-21-23-6-4-3-5-7-23/h3-9,12,15,18-19,22,24,28,32H,10-11,13-14,16-17,20-21H2,1-2H3. The lowest BCUT2D eigenvalue weighted by atomic mass is 10.0. The van der Waals surface area contributed by atoms with Gasteiger partial charge in [0.1, 0.15) is 19.0 Å². The molecule has 7 rings (SSSR count). The molecule has 2 atom stereocenters. The number of hydrogen-bond donors (Lipinski definition) is 0. The van der Waals surface area contributed by atoms with Gasteiger partial charge >= 0.3 is 0 Å². The SMILES string of the molecule is CN(C)C1CCN(C(c2cc3ncncc3s2)N2CCOC(c3ccc(OCc4ccccc4)c4nccn34)C2)CC1. The Morgan fingerprint density at radius 3 is 2.71 bits per heavy atom. The van der Waals surface area contributed by atoms with E-state index in [2.05, 4.69) is 72.4 Å². The summed E-state index contributed by atoms with van der Waals surface area (Å²) < 4.78 is 15.9. The van der Waals surface area contributed by atoms with E-state index < -0.39 is 0 Å². The zero-order chi connectivity index (χ0) is 28.5. The number of rotatable bonds is 8. The van der Waals surface area contributed by atoms with Crippen LogP contribution in [0.5, 0.6) is 5.75 Å². The Labute approximate surface area is 250 Å². The van der Waals surface area contributed by atoms with Gasteiger partial charge in [0.2, 0.25) is 0 Å². The van der Waals surface area contributed by atoms with Gasteiger partial charge in [-0.2, -0.15) is 0 Å². The van der Waals surface area contributed by atoms with Crippen molar-refractivity contribution in [3.8, 4) is 5.75 Å². The van der Waals surface area contributed by atoms with Crippen LogP contribution in [0.4, 0.5) is 0 Å². The lowest BCUT2D eigenvalue weighted by molar-refractivity contribution is -0.0844. The maximum absolute atomic E-state index is 6.45. The minimum absolute atomic E-state index is 0.0883. The molecule has 2 aliphatic heterocycles. The van der Waals surface area contributed by atoms with E-state index in [9.17, 15) is 0 Å². The van der Waals surface area contributed by atoms with Crippen molar-refractivity contribution in [3.05, 3.63) is 89.6 Å². The smallest absolute Gasteiger partial charge is 0.179 e. The van der Waals surface area contributed by atoms with E-state index in [4.69, 9.17) is 9.47 Å². The Morgan fingerprint density at radius 1 is 1.05 bits per heavy atom. The first-order valence-electron chi connectivity index (χ1n) is 14.7. The highest BCUT2D eigenvalue weighted by molar-refractivity contribution is 7.19. The fraction of sp³-hybridized carbons (Fsp3) is 0.406. The molecule has 218 valence electrons. The predicted molar refractivity (Wildman–Crippen MR) is 165 cm³/mol. The van der Waals surface area contributed by atoms with Gasteiger partial charge in [-0.25, -0.2) is 15.0 Å². The van der Waals surface area contributed by atoms with Crippen molar-refractivity contribution in [3.63, 3.8) is 0 Å². The van der Waals surface area contributed by atoms with Crippen molar-refractivity contribution < 1.29 is 9.47 Å². The molecule has 0 spiro atoms. The van der Waals surface area contributed by atoms with Crippen LogP contribution in [0.1, 0.15) is 41.2 Å². The van der Waals surface area contributed by atoms with Gasteiger partial charge in [-0.05, 0) is 50.7 Å². The molecular weight excluding hydrogens is 546 g/mol. The highest BCUT2D eigenvalue weighted by atomic mass is 32.1. The quantitative estimate of drug-likeness (QED) is 0.252. The average Bonchev–Trinajstić information content (AvgIpc) is 3.69. The molecular formula is C32H37N7O2S. The number of imidazole rings is 1. The first-order chi connectivity index (χ1) is 20.6. The summed E-state index contributed by atoms with van der Waals surface area (Å²) in [4.78, 5) is 22.4. The van der Waals surface area contributed by atoms with Crippen LogP contribution in [0.3, 0.4) is 0 Å². The molecule has 0 aliphatic carbocycles. The third-order valence-electron chi connectivity index (χ3n) is 8.60. The van der Waals surface area contributed by atoms with Crippen molar-refractivity contribution in [1.29, 1.82) is 0 Å². The third-order valence-corrected chi connectivity index (χ3v) is 9.70. The van der Waals surface area contributed by atoms with E-state index in [1.54, 1.807) is 6.33 Å². The van der Waals surface area contributed by atoms with Crippen molar-refractivity contribution in [2.75, 3.05) is 46.9 Å². The highest BCUT2D eigenvalue weighted by Crippen LogP contribution is 2.38. The van der Waals surface area contributed by atoms with E-state index in [1.165, 1.54) is 17.7 Å². The average molecular weight is 584 g/mol. The number of likely N-dealkylation sites (tertiary alicyclic amines) is 1. The highest BCUT2D eigenvalue weighted by Gasteiger charge is 2.36. The van der Waals surface area contributed by atoms with Crippen LogP contribution in [-0.4, -0.2) is 87.0 Å². The fourth-order valence-corrected chi connectivity index (χ4v) is 7.52. The Balaban J connectivity index is 1.16. The van der Waals surface area contributed by atoms with Crippen molar-refractivity contribution in [2.45, 2.75) is 37.8 Å². The monoisotopic (exact) mass is 583 g/mol. The molecule has 2 fully saturated rings. The largest absolute Gasteiger partial charge is 0.485 e. The zero-order valence-electron chi connectivity index (χ0n) is 24.2. The van der Waals surface area contributed by atoms with Crippen molar-refractivity contribution in [1.82, 2.24) is 34.1 Å². The van der Waals surface area contributed by atoms with Gasteiger partial charge in [0.25, 0.3) is 0 Å². The molecule has 2 saturated heterocycles. The number of fused-ring (bicyclic) bond motifs is 2. The van der Waals surface area contributed by atoms with Crippen molar-refractivity contribution >= 4 is 27.2 Å². The molecule has 0 N–H and O–H groups in total. The summed E-state index contributed by atoms with van der Waals surface area (Å²) in [5.41, 5.74) is 4.06. The fourth-order valence-electron chi connectivity index (χ4n) is 6.36. The molecule has 2 aliphatic rings. The summed E-state index contributed by atoms with van der Waals surface area (Å²) in [5, 5.41) is 0. The number of ether oxygens (including phenoxy) is 2. The van der Waals surface area contributed by atoms with Gasteiger partial charge in [-0.15, -0.1) is 11.3 Å². The Morgan fingerprint density at radius 2 is 1.90 bits per heavy atom. The van der Waals surface area contributed by atoms with Crippen LogP contribution in [-0.2, 0) is 11.3 Å². The number of nitrogens with zero attached hydrogens (tertiary/aromatic N) is 7. The van der Waals surface area contributed by atoms with E-state index >= 15 is 0 Å². The number of pyridine rings is 1. The molecule has 5 aromatic rings. The van der Waals surface area contributed by atoms with Crippen LogP contribution >= 0.6 is 11.3 Å². The molecule has 4 aromatic heterocycles. The van der Waals surface area contributed by atoms with E-state index in [1.807, 2.05) is 54.2 Å². The molecule has 0 radical (unpaired) electrons. The second kappa shape index (κ2) is 12.1. The molecule has 0 amide bonds. The maximum atomic E-state index is 6.45. The van der Waals surface area contributed by atoms with E-state index in [0.717, 1.165) is 59.0 Å². The van der Waals surface area contributed by atoms with Crippen LogP contribution in [0, 0.1) is 0 Å². The molecule has 0 saturated carbocycles. The summed E-state index contributed by atoms with van der Waals surface area (Å²) in [7, 11) is 4.40. The molecule has 6 heterocycles. The molecule has 10 heteroatoms. The van der Waals surface area contributed by atoms with Crippen LogP contribution < -0.4 is 4.74 Å².